The highest BCUT2D eigenvalue weighted by Crippen LogP contribution is 2.36. The summed E-state index contributed by atoms with van der Waals surface area (Å²) in [5.41, 5.74) is 1.79. The molecule has 1 saturated heterocycles. The van der Waals surface area contributed by atoms with E-state index in [0.29, 0.717) is 11.4 Å². The summed E-state index contributed by atoms with van der Waals surface area (Å²) in [6.45, 7) is 3.43. The third-order valence-corrected chi connectivity index (χ3v) is 6.79. The van der Waals surface area contributed by atoms with Crippen LogP contribution in [0.15, 0.2) is 54.6 Å². The van der Waals surface area contributed by atoms with Crippen molar-refractivity contribution < 1.29 is 19.2 Å². The lowest BCUT2D eigenvalue weighted by Gasteiger charge is -2.28. The predicted octanol–water partition coefficient (Wildman–Crippen LogP) is 5.74. The van der Waals surface area contributed by atoms with Gasteiger partial charge in [0, 0.05) is 29.6 Å². The number of anilines is 2. The Hall–Kier alpha value is -3.72. The molecular formula is C25H25N3O5S. The topological polar surface area (TPSA) is 102 Å². The van der Waals surface area contributed by atoms with Crippen molar-refractivity contribution in [3.63, 3.8) is 0 Å². The Morgan fingerprint density at radius 2 is 1.82 bits per heavy atom. The van der Waals surface area contributed by atoms with Gasteiger partial charge in [-0.15, -0.1) is 11.3 Å². The minimum atomic E-state index is -0.531. The Kier molecular flexibility index (Phi) is 7.22. The Morgan fingerprint density at radius 1 is 1.09 bits per heavy atom. The molecule has 9 heteroatoms. The van der Waals surface area contributed by atoms with Crippen LogP contribution < -0.4 is 10.2 Å². The van der Waals surface area contributed by atoms with Gasteiger partial charge < -0.3 is 15.0 Å². The van der Waals surface area contributed by atoms with Crippen molar-refractivity contribution in [3.8, 4) is 10.4 Å². The maximum absolute atomic E-state index is 13.1. The molecule has 0 bridgehead atoms. The van der Waals surface area contributed by atoms with E-state index in [9.17, 15) is 19.7 Å². The van der Waals surface area contributed by atoms with Crippen molar-refractivity contribution in [3.05, 3.63) is 75.2 Å². The van der Waals surface area contributed by atoms with Gasteiger partial charge >= 0.3 is 5.97 Å². The molecule has 3 aromatic rings. The summed E-state index contributed by atoms with van der Waals surface area (Å²) in [6.07, 6.45) is 3.08. The van der Waals surface area contributed by atoms with E-state index in [4.69, 9.17) is 4.74 Å². The van der Waals surface area contributed by atoms with Crippen LogP contribution in [0.5, 0.6) is 0 Å². The Bertz CT molecular complexity index is 1200. The number of nitro groups is 1. The van der Waals surface area contributed by atoms with Gasteiger partial charge in [0.25, 0.3) is 11.6 Å². The Morgan fingerprint density at radius 3 is 2.50 bits per heavy atom. The number of thiophene rings is 1. The van der Waals surface area contributed by atoms with Crippen LogP contribution in [0.2, 0.25) is 0 Å². The first kappa shape index (κ1) is 23.4. The zero-order valence-electron chi connectivity index (χ0n) is 18.8. The van der Waals surface area contributed by atoms with Crippen LogP contribution in [-0.4, -0.2) is 36.5 Å². The average molecular weight is 480 g/mol. The third kappa shape index (κ3) is 5.09. The first-order valence-electron chi connectivity index (χ1n) is 11.2. The number of benzene rings is 2. The lowest BCUT2D eigenvalue weighted by atomic mass is 10.1. The van der Waals surface area contributed by atoms with E-state index >= 15 is 0 Å². The Balaban J connectivity index is 1.64. The molecule has 2 aromatic carbocycles. The number of rotatable bonds is 7. The van der Waals surface area contributed by atoms with Crippen LogP contribution >= 0.6 is 11.3 Å². The van der Waals surface area contributed by atoms with Gasteiger partial charge in [-0.1, -0.05) is 30.3 Å². The van der Waals surface area contributed by atoms with Gasteiger partial charge in [0.05, 0.1) is 17.2 Å². The van der Waals surface area contributed by atoms with Crippen molar-refractivity contribution in [1.82, 2.24) is 0 Å². The highest BCUT2D eigenvalue weighted by molar-refractivity contribution is 7.18. The first-order valence-corrected chi connectivity index (χ1v) is 12.0. The van der Waals surface area contributed by atoms with Crippen LogP contribution in [0.4, 0.5) is 17.1 Å². The maximum atomic E-state index is 13.1. The van der Waals surface area contributed by atoms with Gasteiger partial charge in [0.15, 0.2) is 0 Å². The molecule has 0 atom stereocenters. The summed E-state index contributed by atoms with van der Waals surface area (Å²) in [7, 11) is 0. The molecule has 0 spiro atoms. The van der Waals surface area contributed by atoms with Gasteiger partial charge in [-0.05, 0) is 49.9 Å². The minimum absolute atomic E-state index is 0.101. The number of carbonyl (C=O) groups excluding carboxylic acids is 2. The van der Waals surface area contributed by atoms with E-state index in [-0.39, 0.29) is 22.7 Å². The fraction of sp³-hybridized carbons (Fsp3) is 0.280. The summed E-state index contributed by atoms with van der Waals surface area (Å²) < 4.78 is 5.16. The second-order valence-corrected chi connectivity index (χ2v) is 8.95. The molecule has 1 N–H and O–H groups in total. The highest BCUT2D eigenvalue weighted by atomic mass is 32.1. The maximum Gasteiger partial charge on any atom is 0.350 e. The summed E-state index contributed by atoms with van der Waals surface area (Å²) in [4.78, 5) is 40.0. The Labute approximate surface area is 201 Å². The molecule has 34 heavy (non-hydrogen) atoms. The number of piperidine rings is 1. The summed E-state index contributed by atoms with van der Waals surface area (Å²) in [6, 6.07) is 15.7. The van der Waals surface area contributed by atoms with Crippen molar-refractivity contribution >= 4 is 40.3 Å². The number of amides is 1. The number of ether oxygens (including phenoxy) is 1. The van der Waals surface area contributed by atoms with E-state index in [0.717, 1.165) is 42.8 Å². The molecule has 0 radical (unpaired) electrons. The molecule has 1 aliphatic rings. The van der Waals surface area contributed by atoms with Crippen LogP contribution in [-0.2, 0) is 4.74 Å². The van der Waals surface area contributed by atoms with Crippen molar-refractivity contribution in [2.45, 2.75) is 26.2 Å². The molecule has 176 valence electrons. The number of nitrogens with one attached hydrogen (secondary N) is 1. The zero-order chi connectivity index (χ0) is 24.1. The molecule has 1 aliphatic heterocycles. The van der Waals surface area contributed by atoms with E-state index in [1.54, 1.807) is 25.1 Å². The smallest absolute Gasteiger partial charge is 0.350 e. The van der Waals surface area contributed by atoms with Crippen molar-refractivity contribution in [1.29, 1.82) is 0 Å². The van der Waals surface area contributed by atoms with E-state index in [1.165, 1.54) is 17.4 Å². The number of hydrogen-bond acceptors (Lipinski definition) is 7. The lowest BCUT2D eigenvalue weighted by molar-refractivity contribution is -0.384. The average Bonchev–Trinajstić information content (AvgIpc) is 3.28. The number of nitro benzene ring substituents is 1. The van der Waals surface area contributed by atoms with E-state index < -0.39 is 16.8 Å². The number of carbonyl (C=O) groups is 2. The monoisotopic (exact) mass is 479 g/mol. The molecule has 2 heterocycles. The molecule has 8 nitrogen and oxygen atoms in total. The summed E-state index contributed by atoms with van der Waals surface area (Å²) in [5.74, 6) is -1.06. The molecule has 0 unspecified atom stereocenters. The standard InChI is InChI=1S/C25H25N3O5S/c1-2-33-25(30)23-19(16-22(34-23)17-9-5-3-6-10-17)26-24(29)18-11-12-20(21(15-18)28(31)32)27-13-7-4-8-14-27/h3,5-6,9-12,15-16H,2,4,7-8,13-14H2,1H3,(H,26,29). The second-order valence-electron chi connectivity index (χ2n) is 7.90. The SMILES string of the molecule is CCOC(=O)c1sc(-c2ccccc2)cc1NC(=O)c1ccc(N2CCCCC2)c([N+](=O)[O-])c1. The number of hydrogen-bond donors (Lipinski definition) is 1. The summed E-state index contributed by atoms with van der Waals surface area (Å²) >= 11 is 1.22. The number of nitrogens with zero attached hydrogens (tertiary/aromatic N) is 2. The molecule has 1 amide bonds. The highest BCUT2D eigenvalue weighted by Gasteiger charge is 2.25. The summed E-state index contributed by atoms with van der Waals surface area (Å²) in [5, 5.41) is 14.5. The molecule has 1 aromatic heterocycles. The molecular weight excluding hydrogens is 454 g/mol. The lowest BCUT2D eigenvalue weighted by Crippen LogP contribution is -2.30. The molecule has 1 fully saturated rings. The largest absolute Gasteiger partial charge is 0.462 e. The van der Waals surface area contributed by atoms with E-state index in [2.05, 4.69) is 5.32 Å². The van der Waals surface area contributed by atoms with Gasteiger partial charge in [0.2, 0.25) is 0 Å². The van der Waals surface area contributed by atoms with Crippen LogP contribution in [0, 0.1) is 10.1 Å². The van der Waals surface area contributed by atoms with Crippen molar-refractivity contribution in [2.24, 2.45) is 0 Å². The first-order chi connectivity index (χ1) is 16.5. The normalized spacial score (nSPS) is 13.4. The fourth-order valence-corrected chi connectivity index (χ4v) is 5.00. The molecule has 4 rings (SSSR count). The van der Waals surface area contributed by atoms with Crippen molar-refractivity contribution in [2.75, 3.05) is 29.9 Å². The zero-order valence-corrected chi connectivity index (χ0v) is 19.6. The minimum Gasteiger partial charge on any atom is -0.462 e. The van der Waals surface area contributed by atoms with Crippen LogP contribution in [0.25, 0.3) is 10.4 Å². The van der Waals surface area contributed by atoms with Gasteiger partial charge in [0.1, 0.15) is 10.6 Å². The predicted molar refractivity (Wildman–Crippen MR) is 133 cm³/mol. The van der Waals surface area contributed by atoms with Gasteiger partial charge in [-0.25, -0.2) is 4.79 Å². The quantitative estimate of drug-likeness (QED) is 0.263. The fourth-order valence-electron chi connectivity index (χ4n) is 3.98. The van der Waals surface area contributed by atoms with Crippen LogP contribution in [0.1, 0.15) is 46.2 Å². The van der Waals surface area contributed by atoms with Crippen LogP contribution in [0.3, 0.4) is 0 Å². The van der Waals surface area contributed by atoms with E-state index in [1.807, 2.05) is 35.2 Å². The molecule has 0 aliphatic carbocycles. The van der Waals surface area contributed by atoms with Gasteiger partial charge in [-0.2, -0.15) is 0 Å². The number of esters is 1. The third-order valence-electron chi connectivity index (χ3n) is 5.63. The molecule has 0 saturated carbocycles. The second kappa shape index (κ2) is 10.5. The van der Waals surface area contributed by atoms with Gasteiger partial charge in [-0.3, -0.25) is 14.9 Å².